The summed E-state index contributed by atoms with van der Waals surface area (Å²) in [5, 5.41) is 3.88. The summed E-state index contributed by atoms with van der Waals surface area (Å²) in [5.41, 5.74) is 6.57. The molecule has 0 saturated carbocycles. The zero-order valence-electron chi connectivity index (χ0n) is 9.43. The highest BCUT2D eigenvalue weighted by Crippen LogP contribution is 2.19. The topological polar surface area (TPSA) is 77.8 Å². The highest BCUT2D eigenvalue weighted by atomic mass is 79.9. The Kier molecular flexibility index (Phi) is 3.86. The van der Waals surface area contributed by atoms with E-state index in [4.69, 9.17) is 10.3 Å². The SMILES string of the molecule is CCC[C@@H](N)c1nc(-c2ccc(Br)cn2)no1. The molecule has 2 N–H and O–H groups in total. The van der Waals surface area contributed by atoms with Crippen LogP contribution in [0.3, 0.4) is 0 Å². The van der Waals surface area contributed by atoms with Gasteiger partial charge in [-0.3, -0.25) is 4.98 Å². The minimum atomic E-state index is -0.198. The van der Waals surface area contributed by atoms with Gasteiger partial charge in [-0.15, -0.1) is 0 Å². The minimum absolute atomic E-state index is 0.198. The number of nitrogens with zero attached hydrogens (tertiary/aromatic N) is 3. The van der Waals surface area contributed by atoms with Gasteiger partial charge in [-0.1, -0.05) is 18.5 Å². The molecule has 0 unspecified atom stereocenters. The van der Waals surface area contributed by atoms with Crippen molar-refractivity contribution in [2.75, 3.05) is 0 Å². The lowest BCUT2D eigenvalue weighted by Gasteiger charge is -2.02. The summed E-state index contributed by atoms with van der Waals surface area (Å²) in [6.07, 6.45) is 3.50. The second-order valence-electron chi connectivity index (χ2n) is 3.71. The molecule has 90 valence electrons. The van der Waals surface area contributed by atoms with Gasteiger partial charge in [-0.2, -0.15) is 4.98 Å². The second kappa shape index (κ2) is 5.37. The fourth-order valence-electron chi connectivity index (χ4n) is 1.43. The third kappa shape index (κ3) is 2.89. The van der Waals surface area contributed by atoms with Gasteiger partial charge in [0.1, 0.15) is 5.69 Å². The van der Waals surface area contributed by atoms with Gasteiger partial charge in [0.05, 0.1) is 6.04 Å². The van der Waals surface area contributed by atoms with Gasteiger partial charge in [0.15, 0.2) is 0 Å². The molecular weight excluding hydrogens is 284 g/mol. The molecule has 0 spiro atoms. The second-order valence-corrected chi connectivity index (χ2v) is 4.63. The van der Waals surface area contributed by atoms with Crippen LogP contribution in [0.1, 0.15) is 31.7 Å². The number of halogens is 1. The fourth-order valence-corrected chi connectivity index (χ4v) is 1.67. The quantitative estimate of drug-likeness (QED) is 0.938. The van der Waals surface area contributed by atoms with Crippen LogP contribution in [-0.2, 0) is 0 Å². The summed E-state index contributed by atoms with van der Waals surface area (Å²) in [7, 11) is 0. The van der Waals surface area contributed by atoms with Gasteiger partial charge in [0.2, 0.25) is 11.7 Å². The maximum absolute atomic E-state index is 5.90. The first-order valence-corrected chi connectivity index (χ1v) is 6.21. The Morgan fingerprint density at radius 1 is 1.47 bits per heavy atom. The van der Waals surface area contributed by atoms with Crippen molar-refractivity contribution in [1.82, 2.24) is 15.1 Å². The van der Waals surface area contributed by atoms with Crippen LogP contribution in [0.5, 0.6) is 0 Å². The van der Waals surface area contributed by atoms with Crippen molar-refractivity contribution in [1.29, 1.82) is 0 Å². The summed E-state index contributed by atoms with van der Waals surface area (Å²) in [6, 6.07) is 3.51. The van der Waals surface area contributed by atoms with Crippen LogP contribution in [-0.4, -0.2) is 15.1 Å². The predicted octanol–water partition coefficient (Wildman–Crippen LogP) is 2.69. The molecule has 5 nitrogen and oxygen atoms in total. The molecule has 0 aliphatic rings. The maximum Gasteiger partial charge on any atom is 0.243 e. The van der Waals surface area contributed by atoms with Crippen LogP contribution in [0.2, 0.25) is 0 Å². The molecule has 0 radical (unpaired) electrons. The third-order valence-corrected chi connectivity index (χ3v) is 2.78. The van der Waals surface area contributed by atoms with Gasteiger partial charge in [0, 0.05) is 10.7 Å². The Balaban J connectivity index is 2.20. The number of pyridine rings is 1. The average Bonchev–Trinajstić information content (AvgIpc) is 2.80. The van der Waals surface area contributed by atoms with Crippen LogP contribution in [0.15, 0.2) is 27.3 Å². The summed E-state index contributed by atoms with van der Waals surface area (Å²) in [6.45, 7) is 2.06. The van der Waals surface area contributed by atoms with Gasteiger partial charge >= 0.3 is 0 Å². The van der Waals surface area contributed by atoms with Crippen molar-refractivity contribution >= 4 is 15.9 Å². The van der Waals surface area contributed by atoms with Crippen molar-refractivity contribution in [2.24, 2.45) is 5.73 Å². The molecule has 0 aliphatic carbocycles. The fraction of sp³-hybridized carbons (Fsp3) is 0.364. The highest BCUT2D eigenvalue weighted by Gasteiger charge is 2.15. The van der Waals surface area contributed by atoms with E-state index in [0.717, 1.165) is 17.3 Å². The Bertz CT molecular complexity index is 482. The van der Waals surface area contributed by atoms with Crippen molar-refractivity contribution in [2.45, 2.75) is 25.8 Å². The minimum Gasteiger partial charge on any atom is -0.337 e. The smallest absolute Gasteiger partial charge is 0.243 e. The zero-order chi connectivity index (χ0) is 12.3. The lowest BCUT2D eigenvalue weighted by atomic mass is 10.2. The van der Waals surface area contributed by atoms with E-state index in [1.165, 1.54) is 0 Å². The first-order valence-electron chi connectivity index (χ1n) is 5.42. The summed E-state index contributed by atoms with van der Waals surface area (Å²) < 4.78 is 6.04. The number of aromatic nitrogens is 3. The molecule has 0 aromatic carbocycles. The third-order valence-electron chi connectivity index (χ3n) is 2.32. The lowest BCUT2D eigenvalue weighted by Crippen LogP contribution is -2.09. The first kappa shape index (κ1) is 12.2. The van der Waals surface area contributed by atoms with E-state index < -0.39 is 0 Å². The Morgan fingerprint density at radius 2 is 2.29 bits per heavy atom. The normalized spacial score (nSPS) is 12.6. The van der Waals surface area contributed by atoms with Crippen LogP contribution < -0.4 is 5.73 Å². The molecule has 0 saturated heterocycles. The molecule has 0 fully saturated rings. The van der Waals surface area contributed by atoms with E-state index in [-0.39, 0.29) is 6.04 Å². The molecule has 17 heavy (non-hydrogen) atoms. The molecule has 6 heteroatoms. The van der Waals surface area contributed by atoms with Crippen LogP contribution >= 0.6 is 15.9 Å². The van der Waals surface area contributed by atoms with E-state index in [2.05, 4.69) is 38.0 Å². The van der Waals surface area contributed by atoms with E-state index in [1.54, 1.807) is 6.20 Å². The number of hydrogen-bond acceptors (Lipinski definition) is 5. The average molecular weight is 297 g/mol. The maximum atomic E-state index is 5.90. The summed E-state index contributed by atoms with van der Waals surface area (Å²) in [4.78, 5) is 8.44. The standard InChI is InChI=1S/C11H13BrN4O/c1-2-3-8(13)11-15-10(16-17-11)9-5-4-7(12)6-14-9/h4-6,8H,2-3,13H2,1H3/t8-/m1/s1. The Hall–Kier alpha value is -1.27. The molecule has 1 atom stereocenters. The van der Waals surface area contributed by atoms with E-state index in [1.807, 2.05) is 12.1 Å². The molecule has 0 bridgehead atoms. The van der Waals surface area contributed by atoms with E-state index in [9.17, 15) is 0 Å². The molecule has 0 amide bonds. The van der Waals surface area contributed by atoms with Gasteiger partial charge in [0.25, 0.3) is 0 Å². The monoisotopic (exact) mass is 296 g/mol. The van der Waals surface area contributed by atoms with E-state index in [0.29, 0.717) is 17.4 Å². The molecule has 2 rings (SSSR count). The van der Waals surface area contributed by atoms with Gasteiger partial charge in [-0.05, 0) is 34.5 Å². The Morgan fingerprint density at radius 3 is 2.94 bits per heavy atom. The van der Waals surface area contributed by atoms with E-state index >= 15 is 0 Å². The van der Waals surface area contributed by atoms with Crippen molar-refractivity contribution in [3.8, 4) is 11.5 Å². The molecule has 2 aromatic rings. The number of hydrogen-bond donors (Lipinski definition) is 1. The lowest BCUT2D eigenvalue weighted by molar-refractivity contribution is 0.348. The number of nitrogens with two attached hydrogens (primary N) is 1. The molecule has 2 heterocycles. The Labute approximate surface area is 108 Å². The highest BCUT2D eigenvalue weighted by molar-refractivity contribution is 9.10. The zero-order valence-corrected chi connectivity index (χ0v) is 11.0. The van der Waals surface area contributed by atoms with Crippen LogP contribution in [0.25, 0.3) is 11.5 Å². The molecule has 2 aromatic heterocycles. The first-order chi connectivity index (χ1) is 8.20. The molecular formula is C11H13BrN4O. The van der Waals surface area contributed by atoms with Crippen molar-refractivity contribution in [3.05, 3.63) is 28.7 Å². The van der Waals surface area contributed by atoms with Crippen molar-refractivity contribution in [3.63, 3.8) is 0 Å². The summed E-state index contributed by atoms with van der Waals surface area (Å²) in [5.74, 6) is 0.936. The van der Waals surface area contributed by atoms with Crippen LogP contribution in [0, 0.1) is 0 Å². The molecule has 0 aliphatic heterocycles. The summed E-state index contributed by atoms with van der Waals surface area (Å²) >= 11 is 3.32. The van der Waals surface area contributed by atoms with Crippen molar-refractivity contribution < 1.29 is 4.52 Å². The van der Waals surface area contributed by atoms with Crippen LogP contribution in [0.4, 0.5) is 0 Å². The predicted molar refractivity (Wildman–Crippen MR) is 67.1 cm³/mol. The van der Waals surface area contributed by atoms with Gasteiger partial charge in [-0.25, -0.2) is 0 Å². The van der Waals surface area contributed by atoms with Gasteiger partial charge < -0.3 is 10.3 Å². The number of rotatable bonds is 4. The largest absolute Gasteiger partial charge is 0.337 e.